The molecule has 0 fully saturated rings. The summed E-state index contributed by atoms with van der Waals surface area (Å²) in [5.74, 6) is 0. The number of amides is 1. The molecule has 0 saturated heterocycles. The maximum absolute atomic E-state index is 11.8. The van der Waals surface area contributed by atoms with Gasteiger partial charge in [-0.1, -0.05) is 60.7 Å². The predicted molar refractivity (Wildman–Crippen MR) is 118 cm³/mol. The molecule has 4 heteroatoms. The Bertz CT molecular complexity index is 852. The molecule has 0 spiro atoms. The van der Waals surface area contributed by atoms with E-state index in [2.05, 4.69) is 46.7 Å². The van der Waals surface area contributed by atoms with Crippen LogP contribution in [0.1, 0.15) is 36.8 Å². The van der Waals surface area contributed by atoms with Gasteiger partial charge in [-0.25, -0.2) is 4.79 Å². The fourth-order valence-corrected chi connectivity index (χ4v) is 3.05. The van der Waals surface area contributed by atoms with E-state index in [1.165, 1.54) is 11.1 Å². The van der Waals surface area contributed by atoms with E-state index in [1.807, 2.05) is 48.7 Å². The van der Waals surface area contributed by atoms with Crippen LogP contribution >= 0.6 is 0 Å². The van der Waals surface area contributed by atoms with Crippen LogP contribution in [-0.4, -0.2) is 17.7 Å². The Morgan fingerprint density at radius 3 is 2.31 bits per heavy atom. The highest BCUT2D eigenvalue weighted by atomic mass is 16.5. The molecule has 29 heavy (non-hydrogen) atoms. The number of nitrogens with zero attached hydrogens (tertiary/aromatic N) is 1. The summed E-state index contributed by atoms with van der Waals surface area (Å²) in [5, 5.41) is 2.72. The normalized spacial score (nSPS) is 11.1. The van der Waals surface area contributed by atoms with E-state index in [9.17, 15) is 4.79 Å². The van der Waals surface area contributed by atoms with Crippen molar-refractivity contribution in [3.05, 3.63) is 102 Å². The van der Waals surface area contributed by atoms with E-state index < -0.39 is 6.09 Å². The lowest BCUT2D eigenvalue weighted by Crippen LogP contribution is -2.14. The first-order valence-corrected chi connectivity index (χ1v) is 9.98. The second-order valence-electron chi connectivity index (χ2n) is 6.70. The molecule has 1 N–H and O–H groups in total. The first-order valence-electron chi connectivity index (χ1n) is 9.98. The van der Waals surface area contributed by atoms with Crippen molar-refractivity contribution in [2.45, 2.75) is 25.7 Å². The van der Waals surface area contributed by atoms with Gasteiger partial charge in [-0.05, 0) is 55.0 Å². The van der Waals surface area contributed by atoms with E-state index in [1.54, 1.807) is 6.20 Å². The van der Waals surface area contributed by atoms with Crippen LogP contribution in [0.2, 0.25) is 0 Å². The summed E-state index contributed by atoms with van der Waals surface area (Å²) in [4.78, 5) is 16.0. The number of aromatic nitrogens is 1. The fourth-order valence-electron chi connectivity index (χ4n) is 3.05. The Morgan fingerprint density at radius 2 is 1.59 bits per heavy atom. The second kappa shape index (κ2) is 11.4. The van der Waals surface area contributed by atoms with Crippen LogP contribution in [0.15, 0.2) is 91.3 Å². The first kappa shape index (κ1) is 20.3. The first-order chi connectivity index (χ1) is 14.3. The summed E-state index contributed by atoms with van der Waals surface area (Å²) < 4.78 is 5.24. The number of hydrogen-bond acceptors (Lipinski definition) is 3. The zero-order valence-corrected chi connectivity index (χ0v) is 16.5. The third-order valence-corrected chi connectivity index (χ3v) is 4.51. The van der Waals surface area contributed by atoms with Gasteiger partial charge in [-0.3, -0.25) is 10.3 Å². The number of nitrogens with one attached hydrogen (secondary N) is 1. The number of carbonyl (C=O) groups is 1. The molecule has 1 aromatic heterocycles. The largest absolute Gasteiger partial charge is 0.449 e. The lowest BCUT2D eigenvalue weighted by molar-refractivity contribution is 0.159. The second-order valence-corrected chi connectivity index (χ2v) is 6.70. The van der Waals surface area contributed by atoms with Crippen molar-refractivity contribution < 1.29 is 9.53 Å². The highest BCUT2D eigenvalue weighted by molar-refractivity contribution is 5.84. The fraction of sp³-hybridized carbons (Fsp3) is 0.200. The minimum atomic E-state index is -0.404. The predicted octanol–water partition coefficient (Wildman–Crippen LogP) is 6.32. The smallest absolute Gasteiger partial charge is 0.411 e. The van der Waals surface area contributed by atoms with Crippen molar-refractivity contribution in [1.82, 2.24) is 4.98 Å². The minimum Gasteiger partial charge on any atom is -0.449 e. The van der Waals surface area contributed by atoms with Crippen molar-refractivity contribution in [2.24, 2.45) is 0 Å². The van der Waals surface area contributed by atoms with Crippen molar-refractivity contribution in [3.63, 3.8) is 0 Å². The highest BCUT2D eigenvalue weighted by Gasteiger charge is 2.05. The van der Waals surface area contributed by atoms with Gasteiger partial charge >= 0.3 is 6.09 Å². The number of anilines is 1. The third-order valence-electron chi connectivity index (χ3n) is 4.51. The number of ether oxygens (including phenoxy) is 1. The third kappa shape index (κ3) is 6.92. The zero-order chi connectivity index (χ0) is 20.2. The standard InChI is InChI=1S/C25H26N2O2/c28-25(27-23-15-7-4-8-16-23)29-19-10-2-1-9-17-24(21-12-5-3-6-13-21)22-14-11-18-26-20-22/h3-8,11-18,20H,1-2,9-10,19H2,(H,27,28)/b24-17+. The van der Waals surface area contributed by atoms with Gasteiger partial charge in [0.05, 0.1) is 6.61 Å². The molecule has 0 bridgehead atoms. The summed E-state index contributed by atoms with van der Waals surface area (Å²) >= 11 is 0. The average Bonchev–Trinajstić information content (AvgIpc) is 2.77. The van der Waals surface area contributed by atoms with E-state index >= 15 is 0 Å². The number of unbranched alkanes of at least 4 members (excludes halogenated alkanes) is 3. The Kier molecular flexibility index (Phi) is 8.03. The van der Waals surface area contributed by atoms with E-state index in [0.29, 0.717) is 6.61 Å². The van der Waals surface area contributed by atoms with Gasteiger partial charge in [0, 0.05) is 23.6 Å². The van der Waals surface area contributed by atoms with Gasteiger partial charge in [0.15, 0.2) is 0 Å². The van der Waals surface area contributed by atoms with Gasteiger partial charge in [-0.15, -0.1) is 0 Å². The number of rotatable bonds is 9. The maximum Gasteiger partial charge on any atom is 0.411 e. The molecule has 1 heterocycles. The molecule has 3 aromatic rings. The quantitative estimate of drug-likeness (QED) is 0.438. The summed E-state index contributed by atoms with van der Waals surface area (Å²) in [7, 11) is 0. The number of benzene rings is 2. The zero-order valence-electron chi connectivity index (χ0n) is 16.5. The van der Waals surface area contributed by atoms with Gasteiger partial charge in [0.2, 0.25) is 0 Å². The summed E-state index contributed by atoms with van der Waals surface area (Å²) in [6.45, 7) is 0.427. The molecule has 0 aliphatic heterocycles. The van der Waals surface area contributed by atoms with Gasteiger partial charge in [0.25, 0.3) is 0 Å². The average molecular weight is 386 g/mol. The Hall–Kier alpha value is -3.40. The van der Waals surface area contributed by atoms with Crippen LogP contribution < -0.4 is 5.32 Å². The van der Waals surface area contributed by atoms with Crippen LogP contribution in [-0.2, 0) is 4.74 Å². The van der Waals surface area contributed by atoms with Crippen LogP contribution in [0.4, 0.5) is 10.5 Å². The molecule has 0 unspecified atom stereocenters. The number of allylic oxidation sites excluding steroid dienone is 1. The summed E-state index contributed by atoms with van der Waals surface area (Å²) in [6.07, 6.45) is 9.43. The molecule has 0 radical (unpaired) electrons. The molecule has 1 amide bonds. The molecule has 4 nitrogen and oxygen atoms in total. The molecule has 0 aliphatic rings. The van der Waals surface area contributed by atoms with Crippen molar-refractivity contribution in [2.75, 3.05) is 11.9 Å². The summed E-state index contributed by atoms with van der Waals surface area (Å²) in [6, 6.07) is 23.7. The number of para-hydroxylation sites is 1. The molecule has 3 rings (SSSR count). The Labute approximate surface area is 172 Å². The van der Waals surface area contributed by atoms with Gasteiger partial charge in [-0.2, -0.15) is 0 Å². The van der Waals surface area contributed by atoms with E-state index in [0.717, 1.165) is 36.9 Å². The maximum atomic E-state index is 11.8. The molecule has 2 aromatic carbocycles. The van der Waals surface area contributed by atoms with E-state index in [4.69, 9.17) is 4.74 Å². The Morgan fingerprint density at radius 1 is 0.862 bits per heavy atom. The van der Waals surface area contributed by atoms with Crippen LogP contribution in [0.5, 0.6) is 0 Å². The van der Waals surface area contributed by atoms with Crippen molar-refractivity contribution in [3.8, 4) is 0 Å². The molecule has 0 aliphatic carbocycles. The van der Waals surface area contributed by atoms with Crippen LogP contribution in [0.3, 0.4) is 0 Å². The number of hydrogen-bond donors (Lipinski definition) is 1. The number of carbonyl (C=O) groups excluding carboxylic acids is 1. The highest BCUT2D eigenvalue weighted by Crippen LogP contribution is 2.23. The summed E-state index contributed by atoms with van der Waals surface area (Å²) in [5.41, 5.74) is 4.27. The van der Waals surface area contributed by atoms with E-state index in [-0.39, 0.29) is 0 Å². The molecule has 0 atom stereocenters. The SMILES string of the molecule is O=C(Nc1ccccc1)OCCCCC/C=C(\c1ccccc1)c1cccnc1. The minimum absolute atomic E-state index is 0.404. The topological polar surface area (TPSA) is 51.2 Å². The van der Waals surface area contributed by atoms with Crippen LogP contribution in [0, 0.1) is 0 Å². The van der Waals surface area contributed by atoms with Gasteiger partial charge in [0.1, 0.15) is 0 Å². The Balaban J connectivity index is 1.42. The number of pyridine rings is 1. The molecule has 0 saturated carbocycles. The molecule has 148 valence electrons. The van der Waals surface area contributed by atoms with Crippen LogP contribution in [0.25, 0.3) is 5.57 Å². The van der Waals surface area contributed by atoms with Crippen molar-refractivity contribution in [1.29, 1.82) is 0 Å². The van der Waals surface area contributed by atoms with Crippen molar-refractivity contribution >= 4 is 17.4 Å². The lowest BCUT2D eigenvalue weighted by Gasteiger charge is -2.09. The monoisotopic (exact) mass is 386 g/mol. The van der Waals surface area contributed by atoms with Gasteiger partial charge < -0.3 is 4.74 Å². The molecular weight excluding hydrogens is 360 g/mol. The lowest BCUT2D eigenvalue weighted by atomic mass is 9.97. The molecular formula is C25H26N2O2.